The molecule has 170 valence electrons. The lowest BCUT2D eigenvalue weighted by molar-refractivity contribution is 0.223. The third-order valence-corrected chi connectivity index (χ3v) is 5.27. The molecule has 0 saturated carbocycles. The van der Waals surface area contributed by atoms with Crippen LogP contribution in [-0.2, 0) is 6.54 Å². The van der Waals surface area contributed by atoms with Gasteiger partial charge >= 0.3 is 0 Å². The molecule has 0 radical (unpaired) electrons. The quantitative estimate of drug-likeness (QED) is 0.339. The molecule has 31 heavy (non-hydrogen) atoms. The molecule has 0 aliphatic heterocycles. The van der Waals surface area contributed by atoms with Crippen molar-refractivity contribution in [1.29, 1.82) is 0 Å². The van der Waals surface area contributed by atoms with Gasteiger partial charge in [-0.3, -0.25) is 0 Å². The van der Waals surface area contributed by atoms with Crippen molar-refractivity contribution in [3.8, 4) is 5.75 Å². The number of guanidine groups is 1. The molecule has 1 atom stereocenters. The summed E-state index contributed by atoms with van der Waals surface area (Å²) >= 11 is 0. The van der Waals surface area contributed by atoms with Crippen LogP contribution in [0.25, 0.3) is 0 Å². The number of ether oxygens (including phenoxy) is 1. The predicted octanol–water partition coefficient (Wildman–Crippen LogP) is 3.24. The van der Waals surface area contributed by atoms with Gasteiger partial charge in [-0.1, -0.05) is 56.3 Å². The van der Waals surface area contributed by atoms with Gasteiger partial charge in [-0.15, -0.1) is 0 Å². The second kappa shape index (κ2) is 14.4. The molecular weight excluding hydrogens is 388 g/mol. The summed E-state index contributed by atoms with van der Waals surface area (Å²) in [6.07, 6.45) is 0. The Morgan fingerprint density at radius 2 is 1.71 bits per heavy atom. The largest absolute Gasteiger partial charge is 0.492 e. The monoisotopic (exact) mass is 426 g/mol. The first-order valence-electron chi connectivity index (χ1n) is 11.3. The average Bonchev–Trinajstić information content (AvgIpc) is 2.82. The maximum atomic E-state index is 9.76. The summed E-state index contributed by atoms with van der Waals surface area (Å²) in [5, 5.41) is 16.4. The standard InChI is InChI=1S/C25H38N4O2/c1-4-26-25(28-19-23(20-30)22-10-8-7-9-11-22)27-18-21-12-14-24(15-13-21)31-17-16-29(5-2)6-3/h7-15,23,30H,4-6,16-20H2,1-3H3,(H2,26,27,28). The van der Waals surface area contributed by atoms with Gasteiger partial charge in [0.2, 0.25) is 0 Å². The van der Waals surface area contributed by atoms with E-state index in [1.807, 2.05) is 49.4 Å². The zero-order valence-electron chi connectivity index (χ0n) is 19.2. The molecule has 2 rings (SSSR count). The summed E-state index contributed by atoms with van der Waals surface area (Å²) in [7, 11) is 0. The summed E-state index contributed by atoms with van der Waals surface area (Å²) in [5.74, 6) is 1.66. The smallest absolute Gasteiger partial charge is 0.191 e. The number of hydrogen-bond donors (Lipinski definition) is 3. The molecule has 1 unspecified atom stereocenters. The molecule has 3 N–H and O–H groups in total. The van der Waals surface area contributed by atoms with Gasteiger partial charge in [0, 0.05) is 25.6 Å². The van der Waals surface area contributed by atoms with Crippen molar-refractivity contribution in [3.63, 3.8) is 0 Å². The minimum Gasteiger partial charge on any atom is -0.492 e. The van der Waals surface area contributed by atoms with Gasteiger partial charge in [-0.2, -0.15) is 0 Å². The Balaban J connectivity index is 1.86. The first-order chi connectivity index (χ1) is 15.2. The Morgan fingerprint density at radius 1 is 1.00 bits per heavy atom. The van der Waals surface area contributed by atoms with Crippen LogP contribution in [0.1, 0.15) is 37.8 Å². The number of aliphatic hydroxyl groups excluding tert-OH is 1. The van der Waals surface area contributed by atoms with Crippen LogP contribution in [-0.4, -0.2) is 61.9 Å². The zero-order chi connectivity index (χ0) is 22.3. The van der Waals surface area contributed by atoms with Crippen molar-refractivity contribution in [3.05, 3.63) is 65.7 Å². The van der Waals surface area contributed by atoms with E-state index in [0.29, 0.717) is 19.7 Å². The molecule has 0 amide bonds. The van der Waals surface area contributed by atoms with Crippen LogP contribution in [0, 0.1) is 0 Å². The van der Waals surface area contributed by atoms with E-state index in [4.69, 9.17) is 4.74 Å². The van der Waals surface area contributed by atoms with E-state index in [0.717, 1.165) is 49.0 Å². The van der Waals surface area contributed by atoms with Gasteiger partial charge in [0.15, 0.2) is 5.96 Å². The highest BCUT2D eigenvalue weighted by molar-refractivity contribution is 5.79. The molecule has 0 heterocycles. The first kappa shape index (κ1) is 24.7. The Bertz CT molecular complexity index is 746. The van der Waals surface area contributed by atoms with E-state index in [-0.39, 0.29) is 12.5 Å². The van der Waals surface area contributed by atoms with Crippen molar-refractivity contribution >= 4 is 5.96 Å². The predicted molar refractivity (Wildman–Crippen MR) is 129 cm³/mol. The topological polar surface area (TPSA) is 69.1 Å². The molecule has 0 aliphatic rings. The van der Waals surface area contributed by atoms with Gasteiger partial charge in [0.1, 0.15) is 12.4 Å². The number of hydrogen-bond acceptors (Lipinski definition) is 4. The SMILES string of the molecule is CCNC(=NCc1ccc(OCCN(CC)CC)cc1)NCC(CO)c1ccccc1. The Hall–Kier alpha value is -2.57. The van der Waals surface area contributed by atoms with E-state index in [2.05, 4.69) is 46.5 Å². The van der Waals surface area contributed by atoms with Crippen LogP contribution in [0.2, 0.25) is 0 Å². The fraction of sp³-hybridized carbons (Fsp3) is 0.480. The Kier molecular flexibility index (Phi) is 11.5. The number of rotatable bonds is 13. The van der Waals surface area contributed by atoms with Crippen molar-refractivity contribution in [2.45, 2.75) is 33.2 Å². The summed E-state index contributed by atoms with van der Waals surface area (Å²) in [6.45, 7) is 12.2. The van der Waals surface area contributed by atoms with E-state index < -0.39 is 0 Å². The average molecular weight is 427 g/mol. The Labute approximate surface area is 187 Å². The third kappa shape index (κ3) is 8.99. The molecule has 6 heteroatoms. The van der Waals surface area contributed by atoms with Gasteiger partial charge < -0.3 is 25.4 Å². The molecular formula is C25H38N4O2. The van der Waals surface area contributed by atoms with E-state index >= 15 is 0 Å². The number of likely N-dealkylation sites (N-methyl/N-ethyl adjacent to an activating group) is 1. The maximum Gasteiger partial charge on any atom is 0.191 e. The number of aliphatic hydroxyl groups is 1. The fourth-order valence-electron chi connectivity index (χ4n) is 3.27. The van der Waals surface area contributed by atoms with E-state index in [1.165, 1.54) is 0 Å². The van der Waals surface area contributed by atoms with Crippen molar-refractivity contribution in [2.75, 3.05) is 45.9 Å². The number of nitrogens with one attached hydrogen (secondary N) is 2. The first-order valence-corrected chi connectivity index (χ1v) is 11.3. The van der Waals surface area contributed by atoms with Crippen LogP contribution >= 0.6 is 0 Å². The molecule has 0 fully saturated rings. The van der Waals surface area contributed by atoms with Crippen LogP contribution in [0.3, 0.4) is 0 Å². The van der Waals surface area contributed by atoms with Crippen LogP contribution in [0.5, 0.6) is 5.75 Å². The maximum absolute atomic E-state index is 9.76. The number of benzene rings is 2. The third-order valence-electron chi connectivity index (χ3n) is 5.27. The van der Waals surface area contributed by atoms with Crippen LogP contribution < -0.4 is 15.4 Å². The minimum atomic E-state index is 0.0258. The molecule has 6 nitrogen and oxygen atoms in total. The molecule has 0 spiro atoms. The van der Waals surface area contributed by atoms with Crippen molar-refractivity contribution in [2.24, 2.45) is 4.99 Å². The van der Waals surface area contributed by atoms with Crippen molar-refractivity contribution in [1.82, 2.24) is 15.5 Å². The summed E-state index contributed by atoms with van der Waals surface area (Å²) in [5.41, 5.74) is 2.24. The summed E-state index contributed by atoms with van der Waals surface area (Å²) in [6, 6.07) is 18.2. The Morgan fingerprint density at radius 3 is 2.32 bits per heavy atom. The molecule has 2 aromatic rings. The highest BCUT2D eigenvalue weighted by Gasteiger charge is 2.10. The van der Waals surface area contributed by atoms with Crippen LogP contribution in [0.15, 0.2) is 59.6 Å². The number of aliphatic imine (C=N–C) groups is 1. The van der Waals surface area contributed by atoms with Gasteiger partial charge in [-0.05, 0) is 43.3 Å². The van der Waals surface area contributed by atoms with Crippen molar-refractivity contribution < 1.29 is 9.84 Å². The van der Waals surface area contributed by atoms with E-state index in [9.17, 15) is 5.11 Å². The van der Waals surface area contributed by atoms with Gasteiger partial charge in [-0.25, -0.2) is 4.99 Å². The highest BCUT2D eigenvalue weighted by Crippen LogP contribution is 2.14. The lowest BCUT2D eigenvalue weighted by Crippen LogP contribution is -2.39. The second-order valence-corrected chi connectivity index (χ2v) is 7.39. The fourth-order valence-corrected chi connectivity index (χ4v) is 3.27. The summed E-state index contributed by atoms with van der Waals surface area (Å²) in [4.78, 5) is 7.03. The highest BCUT2D eigenvalue weighted by atomic mass is 16.5. The minimum absolute atomic E-state index is 0.0258. The second-order valence-electron chi connectivity index (χ2n) is 7.39. The normalized spacial score (nSPS) is 12.6. The number of nitrogens with zero attached hydrogens (tertiary/aromatic N) is 2. The molecule has 2 aromatic carbocycles. The summed E-state index contributed by atoms with van der Waals surface area (Å²) < 4.78 is 5.85. The lowest BCUT2D eigenvalue weighted by Gasteiger charge is -2.18. The molecule has 0 aromatic heterocycles. The van der Waals surface area contributed by atoms with Gasteiger partial charge in [0.25, 0.3) is 0 Å². The molecule has 0 saturated heterocycles. The zero-order valence-corrected chi connectivity index (χ0v) is 19.2. The van der Waals surface area contributed by atoms with Gasteiger partial charge in [0.05, 0.1) is 13.2 Å². The van der Waals surface area contributed by atoms with E-state index in [1.54, 1.807) is 0 Å². The molecule has 0 bridgehead atoms. The molecule has 0 aliphatic carbocycles. The lowest BCUT2D eigenvalue weighted by atomic mass is 10.0. The van der Waals surface area contributed by atoms with Crippen LogP contribution in [0.4, 0.5) is 0 Å².